The van der Waals surface area contributed by atoms with Gasteiger partial charge in [0.05, 0.1) is 0 Å². The number of ether oxygens (including phenoxy) is 1. The third-order valence-electron chi connectivity index (χ3n) is 3.05. The summed E-state index contributed by atoms with van der Waals surface area (Å²) in [7, 11) is 0. The molecule has 0 aliphatic carbocycles. The summed E-state index contributed by atoms with van der Waals surface area (Å²) >= 11 is 3.44. The molecule has 2 atom stereocenters. The van der Waals surface area contributed by atoms with E-state index in [9.17, 15) is 4.79 Å². The molecule has 0 radical (unpaired) electrons. The molecule has 118 valence electrons. The van der Waals surface area contributed by atoms with Gasteiger partial charge in [-0.15, -0.1) is 0 Å². The molecule has 0 saturated carbocycles. The fraction of sp³-hybridized carbons (Fsp3) is 0.562. The normalized spacial score (nSPS) is 13.6. The Morgan fingerprint density at radius 1 is 1.43 bits per heavy atom. The highest BCUT2D eigenvalue weighted by Crippen LogP contribution is 2.24. The number of nitrogens with one attached hydrogen (secondary N) is 1. The van der Waals surface area contributed by atoms with Crippen LogP contribution in [0.1, 0.15) is 39.2 Å². The summed E-state index contributed by atoms with van der Waals surface area (Å²) in [6.45, 7) is 6.08. The van der Waals surface area contributed by atoms with E-state index >= 15 is 0 Å². The zero-order valence-corrected chi connectivity index (χ0v) is 14.6. The quantitative estimate of drug-likeness (QED) is 0.752. The number of carbonyl (C=O) groups is 1. The Labute approximate surface area is 135 Å². The summed E-state index contributed by atoms with van der Waals surface area (Å²) in [5, 5.41) is 2.92. The van der Waals surface area contributed by atoms with Crippen molar-refractivity contribution in [1.29, 1.82) is 0 Å². The second-order valence-corrected chi connectivity index (χ2v) is 6.40. The number of rotatable bonds is 8. The Bertz CT molecular complexity index is 464. The molecule has 1 aromatic carbocycles. The van der Waals surface area contributed by atoms with Gasteiger partial charge >= 0.3 is 0 Å². The van der Waals surface area contributed by atoms with Gasteiger partial charge in [0, 0.05) is 16.6 Å². The largest absolute Gasteiger partial charge is 0.483 e. The van der Waals surface area contributed by atoms with Crippen LogP contribution in [0.5, 0.6) is 5.75 Å². The van der Waals surface area contributed by atoms with Crippen LogP contribution in [0.4, 0.5) is 0 Å². The molecule has 3 N–H and O–H groups in total. The molecule has 21 heavy (non-hydrogen) atoms. The van der Waals surface area contributed by atoms with Gasteiger partial charge in [-0.25, -0.2) is 0 Å². The molecular weight excluding hydrogens is 332 g/mol. The average Bonchev–Trinajstić information content (AvgIpc) is 2.37. The molecule has 1 amide bonds. The zero-order chi connectivity index (χ0) is 15.8. The van der Waals surface area contributed by atoms with E-state index in [0.717, 1.165) is 22.9 Å². The first kappa shape index (κ1) is 18.0. The van der Waals surface area contributed by atoms with Crippen molar-refractivity contribution >= 4 is 21.8 Å². The number of halogens is 1. The SMILES string of the molecule is CCCC(C)NC(=O)COc1ccc(Br)cc1CC(C)N. The van der Waals surface area contributed by atoms with E-state index in [-0.39, 0.29) is 24.6 Å². The lowest BCUT2D eigenvalue weighted by molar-refractivity contribution is -0.123. The molecule has 0 aliphatic heterocycles. The lowest BCUT2D eigenvalue weighted by Gasteiger charge is -2.15. The van der Waals surface area contributed by atoms with E-state index in [1.54, 1.807) is 0 Å². The lowest BCUT2D eigenvalue weighted by Crippen LogP contribution is -2.36. The minimum atomic E-state index is -0.0920. The monoisotopic (exact) mass is 356 g/mol. The Hall–Kier alpha value is -1.07. The van der Waals surface area contributed by atoms with Gasteiger partial charge in [-0.2, -0.15) is 0 Å². The van der Waals surface area contributed by atoms with Crippen molar-refractivity contribution in [1.82, 2.24) is 5.32 Å². The summed E-state index contributed by atoms with van der Waals surface area (Å²) in [5.74, 6) is 0.624. The van der Waals surface area contributed by atoms with Crippen molar-refractivity contribution in [2.75, 3.05) is 6.61 Å². The van der Waals surface area contributed by atoms with E-state index in [1.807, 2.05) is 32.0 Å². The van der Waals surface area contributed by atoms with E-state index in [0.29, 0.717) is 12.2 Å². The second-order valence-electron chi connectivity index (χ2n) is 5.48. The standard InChI is InChI=1S/C16H25BrN2O2/c1-4-5-12(3)19-16(20)10-21-15-7-6-14(17)9-13(15)8-11(2)18/h6-7,9,11-12H,4-5,8,10,18H2,1-3H3,(H,19,20). The number of amides is 1. The van der Waals surface area contributed by atoms with E-state index in [2.05, 4.69) is 28.2 Å². The third kappa shape index (κ3) is 6.96. The first-order valence-electron chi connectivity index (χ1n) is 7.38. The fourth-order valence-electron chi connectivity index (χ4n) is 2.16. The lowest BCUT2D eigenvalue weighted by atomic mass is 10.1. The number of nitrogens with two attached hydrogens (primary N) is 1. The van der Waals surface area contributed by atoms with Crippen LogP contribution in [0.2, 0.25) is 0 Å². The average molecular weight is 357 g/mol. The van der Waals surface area contributed by atoms with Crippen molar-refractivity contribution in [2.45, 2.75) is 52.1 Å². The second kappa shape index (κ2) is 9.05. The van der Waals surface area contributed by atoms with E-state index in [4.69, 9.17) is 10.5 Å². The minimum Gasteiger partial charge on any atom is -0.483 e. The van der Waals surface area contributed by atoms with Gasteiger partial charge in [-0.05, 0) is 50.5 Å². The summed E-state index contributed by atoms with van der Waals surface area (Å²) in [6.07, 6.45) is 2.73. The van der Waals surface area contributed by atoms with Crippen molar-refractivity contribution < 1.29 is 9.53 Å². The minimum absolute atomic E-state index is 0.0294. The van der Waals surface area contributed by atoms with E-state index in [1.165, 1.54) is 0 Å². The molecule has 5 heteroatoms. The molecule has 0 spiro atoms. The van der Waals surface area contributed by atoms with E-state index < -0.39 is 0 Å². The van der Waals surface area contributed by atoms with Gasteiger partial charge < -0.3 is 15.8 Å². The molecule has 0 bridgehead atoms. The summed E-state index contributed by atoms with van der Waals surface area (Å²) in [4.78, 5) is 11.8. The van der Waals surface area contributed by atoms with Crippen molar-refractivity contribution in [3.05, 3.63) is 28.2 Å². The maximum absolute atomic E-state index is 11.8. The number of benzene rings is 1. The molecule has 0 fully saturated rings. The highest BCUT2D eigenvalue weighted by Gasteiger charge is 2.11. The van der Waals surface area contributed by atoms with Gasteiger partial charge in [-0.3, -0.25) is 4.79 Å². The van der Waals surface area contributed by atoms with Gasteiger partial charge in [0.2, 0.25) is 0 Å². The molecule has 0 aromatic heterocycles. The summed E-state index contributed by atoms with van der Waals surface area (Å²) < 4.78 is 6.62. The Morgan fingerprint density at radius 3 is 2.76 bits per heavy atom. The van der Waals surface area contributed by atoms with Crippen LogP contribution in [0.3, 0.4) is 0 Å². The topological polar surface area (TPSA) is 64.3 Å². The molecule has 2 unspecified atom stereocenters. The first-order valence-corrected chi connectivity index (χ1v) is 8.17. The highest BCUT2D eigenvalue weighted by molar-refractivity contribution is 9.10. The van der Waals surface area contributed by atoms with Gasteiger partial charge in [-0.1, -0.05) is 29.3 Å². The fourth-order valence-corrected chi connectivity index (χ4v) is 2.57. The molecule has 1 aromatic rings. The molecule has 0 aliphatic rings. The van der Waals surface area contributed by atoms with Crippen molar-refractivity contribution in [3.63, 3.8) is 0 Å². The maximum atomic E-state index is 11.8. The van der Waals surface area contributed by atoms with Crippen LogP contribution in [0.25, 0.3) is 0 Å². The first-order chi connectivity index (χ1) is 9.92. The third-order valence-corrected chi connectivity index (χ3v) is 3.55. The predicted octanol–water partition coefficient (Wildman–Crippen LogP) is 3.02. The maximum Gasteiger partial charge on any atom is 0.258 e. The zero-order valence-electron chi connectivity index (χ0n) is 13.0. The van der Waals surface area contributed by atoms with Gasteiger partial charge in [0.1, 0.15) is 5.75 Å². The van der Waals surface area contributed by atoms with Crippen LogP contribution in [-0.2, 0) is 11.2 Å². The van der Waals surface area contributed by atoms with Crippen LogP contribution in [0, 0.1) is 0 Å². The predicted molar refractivity (Wildman–Crippen MR) is 89.5 cm³/mol. The smallest absolute Gasteiger partial charge is 0.258 e. The van der Waals surface area contributed by atoms with Crippen molar-refractivity contribution in [2.24, 2.45) is 5.73 Å². The Kier molecular flexibility index (Phi) is 7.75. The molecule has 0 saturated heterocycles. The molecule has 4 nitrogen and oxygen atoms in total. The van der Waals surface area contributed by atoms with Crippen LogP contribution < -0.4 is 15.8 Å². The summed E-state index contributed by atoms with van der Waals surface area (Å²) in [6, 6.07) is 5.97. The number of hydrogen-bond acceptors (Lipinski definition) is 3. The highest BCUT2D eigenvalue weighted by atomic mass is 79.9. The Balaban J connectivity index is 2.60. The van der Waals surface area contributed by atoms with Gasteiger partial charge in [0.25, 0.3) is 5.91 Å². The molecular formula is C16H25BrN2O2. The van der Waals surface area contributed by atoms with Crippen LogP contribution in [-0.4, -0.2) is 24.6 Å². The van der Waals surface area contributed by atoms with Gasteiger partial charge in [0.15, 0.2) is 6.61 Å². The Morgan fingerprint density at radius 2 is 2.14 bits per heavy atom. The molecule has 1 rings (SSSR count). The van der Waals surface area contributed by atoms with Crippen molar-refractivity contribution in [3.8, 4) is 5.75 Å². The van der Waals surface area contributed by atoms with Crippen LogP contribution >= 0.6 is 15.9 Å². The number of carbonyl (C=O) groups excluding carboxylic acids is 1. The summed E-state index contributed by atoms with van der Waals surface area (Å²) in [5.41, 5.74) is 6.86. The number of hydrogen-bond donors (Lipinski definition) is 2. The van der Waals surface area contributed by atoms with Crippen LogP contribution in [0.15, 0.2) is 22.7 Å². The molecule has 0 heterocycles.